The fourth-order valence-corrected chi connectivity index (χ4v) is 1.60. The van der Waals surface area contributed by atoms with Gasteiger partial charge < -0.3 is 14.8 Å². The topological polar surface area (TPSA) is 96.6 Å². The molecule has 98 valence electrons. The van der Waals surface area contributed by atoms with E-state index >= 15 is 0 Å². The van der Waals surface area contributed by atoms with E-state index in [-0.39, 0.29) is 23.4 Å². The first-order chi connectivity index (χ1) is 8.97. The Morgan fingerprint density at radius 1 is 1.32 bits per heavy atom. The van der Waals surface area contributed by atoms with Gasteiger partial charge in [0, 0.05) is 17.5 Å². The average Bonchev–Trinajstić information content (AvgIpc) is 2.35. The van der Waals surface area contributed by atoms with E-state index in [1.165, 1.54) is 18.2 Å². The van der Waals surface area contributed by atoms with Crippen LogP contribution in [-0.4, -0.2) is 22.8 Å². The maximum Gasteiger partial charge on any atom is 0.336 e. The number of benzene rings is 1. The quantitative estimate of drug-likeness (QED) is 0.646. The van der Waals surface area contributed by atoms with E-state index < -0.39 is 16.8 Å². The number of phenolic OH excluding ortho intramolecular Hbond substituents is 1. The van der Waals surface area contributed by atoms with Gasteiger partial charge in [0.1, 0.15) is 11.3 Å². The van der Waals surface area contributed by atoms with Crippen LogP contribution in [0.25, 0.3) is 11.0 Å². The van der Waals surface area contributed by atoms with Gasteiger partial charge in [-0.2, -0.15) is 0 Å². The first-order valence-corrected chi connectivity index (χ1v) is 5.58. The lowest BCUT2D eigenvalue weighted by atomic mass is 10.1. The van der Waals surface area contributed by atoms with Crippen molar-refractivity contribution in [2.75, 3.05) is 6.54 Å². The number of nitrogens with one attached hydrogen (secondary N) is 1. The first kappa shape index (κ1) is 13.1. The lowest BCUT2D eigenvalue weighted by Gasteiger charge is -2.06. The van der Waals surface area contributed by atoms with Gasteiger partial charge in [-0.05, 0) is 23.7 Å². The standard InChI is InChI=1S/C12H8ClNO5/c13-10(16)5-14-12(18)7-3-6-1-2-11(17)19-9(6)4-8(7)15/h1-4,15H,5H2,(H,14,18). The predicted octanol–water partition coefficient (Wildman–Crippen LogP) is 0.994. The molecule has 7 heteroatoms. The van der Waals surface area contributed by atoms with E-state index in [0.29, 0.717) is 5.39 Å². The molecule has 0 radical (unpaired) electrons. The zero-order valence-electron chi connectivity index (χ0n) is 9.47. The third-order valence-corrected chi connectivity index (χ3v) is 2.50. The molecule has 1 amide bonds. The summed E-state index contributed by atoms with van der Waals surface area (Å²) >= 11 is 5.10. The van der Waals surface area contributed by atoms with Crippen molar-refractivity contribution in [1.82, 2.24) is 5.32 Å². The molecule has 0 aliphatic heterocycles. The summed E-state index contributed by atoms with van der Waals surface area (Å²) in [5.41, 5.74) is -0.439. The van der Waals surface area contributed by atoms with Crippen molar-refractivity contribution in [2.45, 2.75) is 0 Å². The Labute approximate surface area is 111 Å². The van der Waals surface area contributed by atoms with Crippen molar-refractivity contribution in [3.05, 3.63) is 40.2 Å². The van der Waals surface area contributed by atoms with E-state index in [4.69, 9.17) is 16.0 Å². The molecular weight excluding hydrogens is 274 g/mol. The second-order valence-electron chi connectivity index (χ2n) is 3.70. The number of fused-ring (bicyclic) bond motifs is 1. The van der Waals surface area contributed by atoms with Gasteiger partial charge in [-0.15, -0.1) is 0 Å². The second kappa shape index (κ2) is 5.11. The SMILES string of the molecule is O=C(Cl)CNC(=O)c1cc2ccc(=O)oc2cc1O. The van der Waals surface area contributed by atoms with Crippen LogP contribution in [0.15, 0.2) is 33.5 Å². The minimum atomic E-state index is -0.723. The van der Waals surface area contributed by atoms with Crippen LogP contribution < -0.4 is 10.9 Å². The molecule has 0 saturated heterocycles. The van der Waals surface area contributed by atoms with Gasteiger partial charge in [-0.3, -0.25) is 9.59 Å². The molecule has 2 N–H and O–H groups in total. The molecule has 0 unspecified atom stereocenters. The van der Waals surface area contributed by atoms with Gasteiger partial charge in [0.25, 0.3) is 5.91 Å². The summed E-state index contributed by atoms with van der Waals surface area (Å²) in [6, 6.07) is 5.17. The molecule has 0 fully saturated rings. The van der Waals surface area contributed by atoms with Crippen LogP contribution >= 0.6 is 11.6 Å². The van der Waals surface area contributed by atoms with Gasteiger partial charge in [-0.25, -0.2) is 4.79 Å². The molecule has 2 rings (SSSR count). The van der Waals surface area contributed by atoms with Crippen LogP contribution in [0.2, 0.25) is 0 Å². The fraction of sp³-hybridized carbons (Fsp3) is 0.0833. The highest BCUT2D eigenvalue weighted by Gasteiger charge is 2.14. The Morgan fingerprint density at radius 3 is 2.74 bits per heavy atom. The Hall–Kier alpha value is -2.34. The van der Waals surface area contributed by atoms with Crippen molar-refractivity contribution in [3.8, 4) is 5.75 Å². The fourth-order valence-electron chi connectivity index (χ4n) is 1.53. The Bertz CT molecular complexity index is 722. The Balaban J connectivity index is 2.41. The zero-order chi connectivity index (χ0) is 14.0. The smallest absolute Gasteiger partial charge is 0.336 e. The summed E-state index contributed by atoms with van der Waals surface area (Å²) in [6.45, 7) is -0.345. The van der Waals surface area contributed by atoms with E-state index in [0.717, 1.165) is 6.07 Å². The predicted molar refractivity (Wildman–Crippen MR) is 67.3 cm³/mol. The molecule has 2 aromatic rings. The first-order valence-electron chi connectivity index (χ1n) is 5.21. The van der Waals surface area contributed by atoms with Crippen LogP contribution in [0.1, 0.15) is 10.4 Å². The van der Waals surface area contributed by atoms with Crippen molar-refractivity contribution in [3.63, 3.8) is 0 Å². The van der Waals surface area contributed by atoms with Crippen molar-refractivity contribution < 1.29 is 19.1 Å². The number of carbonyl (C=O) groups excluding carboxylic acids is 2. The molecule has 0 aliphatic rings. The van der Waals surface area contributed by atoms with Crippen LogP contribution in [0.5, 0.6) is 5.75 Å². The van der Waals surface area contributed by atoms with E-state index in [2.05, 4.69) is 5.32 Å². The lowest BCUT2D eigenvalue weighted by Crippen LogP contribution is -2.27. The van der Waals surface area contributed by atoms with Gasteiger partial charge in [0.2, 0.25) is 5.24 Å². The molecule has 0 atom stereocenters. The highest BCUT2D eigenvalue weighted by atomic mass is 35.5. The van der Waals surface area contributed by atoms with Crippen LogP contribution in [-0.2, 0) is 4.79 Å². The van der Waals surface area contributed by atoms with Crippen molar-refractivity contribution in [1.29, 1.82) is 0 Å². The number of carbonyl (C=O) groups is 2. The summed E-state index contributed by atoms with van der Waals surface area (Å²) in [5, 5.41) is 11.7. The molecule has 0 aliphatic carbocycles. The largest absolute Gasteiger partial charge is 0.507 e. The molecule has 0 bridgehead atoms. The van der Waals surface area contributed by atoms with Gasteiger partial charge >= 0.3 is 5.63 Å². The van der Waals surface area contributed by atoms with Crippen LogP contribution in [0, 0.1) is 0 Å². The van der Waals surface area contributed by atoms with Crippen molar-refractivity contribution in [2.24, 2.45) is 0 Å². The second-order valence-corrected chi connectivity index (χ2v) is 4.12. The highest BCUT2D eigenvalue weighted by Crippen LogP contribution is 2.23. The minimum Gasteiger partial charge on any atom is -0.507 e. The third kappa shape index (κ3) is 2.92. The number of halogens is 1. The average molecular weight is 282 g/mol. The summed E-state index contributed by atoms with van der Waals surface area (Å²) in [4.78, 5) is 33.3. The normalized spacial score (nSPS) is 10.4. The van der Waals surface area contributed by atoms with Crippen molar-refractivity contribution >= 4 is 33.7 Å². The number of rotatable bonds is 3. The molecule has 1 aromatic heterocycles. The summed E-state index contributed by atoms with van der Waals surface area (Å²) < 4.78 is 4.85. The monoisotopic (exact) mass is 281 g/mol. The maximum absolute atomic E-state index is 11.7. The minimum absolute atomic E-state index is 0.0423. The third-order valence-electron chi connectivity index (χ3n) is 2.37. The number of amides is 1. The van der Waals surface area contributed by atoms with Gasteiger partial charge in [-0.1, -0.05) is 0 Å². The number of hydrogen-bond donors (Lipinski definition) is 2. The number of phenols is 1. The maximum atomic E-state index is 11.7. The zero-order valence-corrected chi connectivity index (χ0v) is 10.2. The molecule has 19 heavy (non-hydrogen) atoms. The van der Waals surface area contributed by atoms with Crippen LogP contribution in [0.4, 0.5) is 0 Å². The number of hydrogen-bond acceptors (Lipinski definition) is 5. The van der Waals surface area contributed by atoms with E-state index in [9.17, 15) is 19.5 Å². The van der Waals surface area contributed by atoms with Gasteiger partial charge in [0.15, 0.2) is 0 Å². The molecule has 1 heterocycles. The highest BCUT2D eigenvalue weighted by molar-refractivity contribution is 6.64. The number of aromatic hydroxyl groups is 1. The van der Waals surface area contributed by atoms with E-state index in [1.807, 2.05) is 0 Å². The Kier molecular flexibility index (Phi) is 3.52. The molecular formula is C12H8ClNO5. The molecule has 6 nitrogen and oxygen atoms in total. The van der Waals surface area contributed by atoms with Crippen LogP contribution in [0.3, 0.4) is 0 Å². The lowest BCUT2D eigenvalue weighted by molar-refractivity contribution is -0.110. The Morgan fingerprint density at radius 2 is 2.05 bits per heavy atom. The summed E-state index contributed by atoms with van der Waals surface area (Å²) in [6.07, 6.45) is 0. The molecule has 0 spiro atoms. The summed E-state index contributed by atoms with van der Waals surface area (Å²) in [5.74, 6) is -1.01. The molecule has 1 aromatic carbocycles. The van der Waals surface area contributed by atoms with E-state index in [1.54, 1.807) is 0 Å². The molecule has 0 saturated carbocycles. The summed E-state index contributed by atoms with van der Waals surface area (Å²) in [7, 11) is 0. The van der Waals surface area contributed by atoms with Gasteiger partial charge in [0.05, 0.1) is 12.1 Å².